The first-order valence-corrected chi connectivity index (χ1v) is 12.7. The lowest BCUT2D eigenvalue weighted by molar-refractivity contribution is 0.235. The van der Waals surface area contributed by atoms with Crippen molar-refractivity contribution in [3.63, 3.8) is 0 Å². The normalized spacial score (nSPS) is 25.2. The van der Waals surface area contributed by atoms with E-state index < -0.39 is 17.8 Å². The quantitative estimate of drug-likeness (QED) is 0.375. The fourth-order valence-electron chi connectivity index (χ4n) is 5.34. The summed E-state index contributed by atoms with van der Waals surface area (Å²) >= 11 is 0. The molecule has 0 aliphatic heterocycles. The molecule has 33 heavy (non-hydrogen) atoms. The summed E-state index contributed by atoms with van der Waals surface area (Å²) in [5, 5.41) is 0. The van der Waals surface area contributed by atoms with E-state index in [0.717, 1.165) is 36.8 Å². The average molecular weight is 463 g/mol. The molecule has 0 nitrogen and oxygen atoms in total. The number of alkyl halides is 2. The first-order chi connectivity index (χ1) is 16.0. The van der Waals surface area contributed by atoms with Crippen LogP contribution in [-0.2, 0) is 6.42 Å². The minimum absolute atomic E-state index is 0.138. The fourth-order valence-corrected chi connectivity index (χ4v) is 5.34. The Balaban J connectivity index is 0.000000189. The van der Waals surface area contributed by atoms with E-state index >= 15 is 0 Å². The van der Waals surface area contributed by atoms with Crippen LogP contribution in [0.5, 0.6) is 0 Å². The van der Waals surface area contributed by atoms with Gasteiger partial charge in [0.05, 0.1) is 6.67 Å². The Labute approximate surface area is 196 Å². The molecule has 2 aliphatic rings. The van der Waals surface area contributed by atoms with Crippen molar-refractivity contribution < 1.29 is 17.6 Å². The van der Waals surface area contributed by atoms with Gasteiger partial charge in [0.15, 0.2) is 11.6 Å². The van der Waals surface area contributed by atoms with E-state index in [-0.39, 0.29) is 12.6 Å². The smallest absolute Gasteiger partial charge is 0.159 e. The number of hydrogen-bond donors (Lipinski definition) is 0. The Morgan fingerprint density at radius 1 is 0.727 bits per heavy atom. The van der Waals surface area contributed by atoms with Crippen LogP contribution < -0.4 is 0 Å². The van der Waals surface area contributed by atoms with Crippen LogP contribution in [0.2, 0.25) is 0 Å². The second-order valence-electron chi connectivity index (χ2n) is 9.81. The third-order valence-electron chi connectivity index (χ3n) is 7.43. The summed E-state index contributed by atoms with van der Waals surface area (Å²) in [5.41, 5.74) is 3.74. The van der Waals surface area contributed by atoms with Gasteiger partial charge >= 0.3 is 0 Å². The van der Waals surface area contributed by atoms with Crippen molar-refractivity contribution in [1.29, 1.82) is 0 Å². The number of halogens is 4. The highest BCUT2D eigenvalue weighted by molar-refractivity contribution is 5.26. The minimum atomic E-state index is -0.821. The average Bonchev–Trinajstić information content (AvgIpc) is 2.83. The topological polar surface area (TPSA) is 0 Å². The summed E-state index contributed by atoms with van der Waals surface area (Å²) in [5.74, 6) is -0.0814. The summed E-state index contributed by atoms with van der Waals surface area (Å²) in [6.07, 6.45) is 9.91. The number of hydrogen-bond acceptors (Lipinski definition) is 0. The molecule has 0 heterocycles. The third kappa shape index (κ3) is 7.86. The molecular weight excluding hydrogens is 424 g/mol. The van der Waals surface area contributed by atoms with Crippen molar-refractivity contribution in [2.75, 3.05) is 6.67 Å². The standard InChI is InChI=1S/C17H25F.C12H13F3/c1-2-3-14-4-8-16(9-5-14)17-10-6-15(7-11-17)12-13-18;13-10-4-1-8(2-5-10)9-3-6-11(14)12(15)7-9/h4-5,8-9,15,17H,2-3,6-7,10-13H2,1H3;3,6-8,10H,1-2,4-5H2. The van der Waals surface area contributed by atoms with Gasteiger partial charge in [0.1, 0.15) is 6.17 Å². The Morgan fingerprint density at radius 2 is 1.30 bits per heavy atom. The van der Waals surface area contributed by atoms with Gasteiger partial charge < -0.3 is 0 Å². The molecule has 2 aromatic rings. The van der Waals surface area contributed by atoms with Crippen LogP contribution in [0, 0.1) is 17.6 Å². The van der Waals surface area contributed by atoms with Crippen molar-refractivity contribution >= 4 is 0 Å². The maximum absolute atomic E-state index is 13.0. The first-order valence-electron chi connectivity index (χ1n) is 12.7. The van der Waals surface area contributed by atoms with E-state index in [2.05, 4.69) is 31.2 Å². The van der Waals surface area contributed by atoms with Crippen LogP contribution in [0.15, 0.2) is 42.5 Å². The van der Waals surface area contributed by atoms with Gasteiger partial charge in [0.2, 0.25) is 0 Å². The van der Waals surface area contributed by atoms with Crippen molar-refractivity contribution in [3.05, 3.63) is 70.8 Å². The van der Waals surface area contributed by atoms with E-state index in [0.29, 0.717) is 18.8 Å². The second kappa shape index (κ2) is 13.2. The summed E-state index contributed by atoms with van der Waals surface area (Å²) in [6, 6.07) is 13.2. The molecular formula is C29H38F4. The van der Waals surface area contributed by atoms with Crippen molar-refractivity contribution in [3.8, 4) is 0 Å². The van der Waals surface area contributed by atoms with Gasteiger partial charge in [-0.3, -0.25) is 4.39 Å². The summed E-state index contributed by atoms with van der Waals surface area (Å²) in [7, 11) is 0. The Morgan fingerprint density at radius 3 is 1.88 bits per heavy atom. The van der Waals surface area contributed by atoms with Gasteiger partial charge in [-0.05, 0) is 111 Å². The van der Waals surface area contributed by atoms with Gasteiger partial charge in [-0.1, -0.05) is 43.7 Å². The van der Waals surface area contributed by atoms with Crippen molar-refractivity contribution in [2.24, 2.45) is 5.92 Å². The van der Waals surface area contributed by atoms with Gasteiger partial charge in [-0.15, -0.1) is 0 Å². The third-order valence-corrected chi connectivity index (χ3v) is 7.43. The van der Waals surface area contributed by atoms with E-state index in [1.807, 2.05) is 0 Å². The summed E-state index contributed by atoms with van der Waals surface area (Å²) < 4.78 is 50.9. The molecule has 0 aromatic heterocycles. The van der Waals surface area contributed by atoms with E-state index in [1.54, 1.807) is 6.07 Å². The predicted molar refractivity (Wildman–Crippen MR) is 128 cm³/mol. The fraction of sp³-hybridized carbons (Fsp3) is 0.586. The zero-order chi connectivity index (χ0) is 23.6. The highest BCUT2D eigenvalue weighted by Gasteiger charge is 2.23. The molecule has 0 unspecified atom stereocenters. The van der Waals surface area contributed by atoms with Gasteiger partial charge in [-0.25, -0.2) is 13.2 Å². The molecule has 0 radical (unpaired) electrons. The van der Waals surface area contributed by atoms with Crippen LogP contribution in [0.4, 0.5) is 17.6 Å². The van der Waals surface area contributed by atoms with Crippen LogP contribution in [0.25, 0.3) is 0 Å². The lowest BCUT2D eigenvalue weighted by Crippen LogP contribution is -2.13. The molecule has 0 saturated heterocycles. The molecule has 182 valence electrons. The molecule has 0 N–H and O–H groups in total. The lowest BCUT2D eigenvalue weighted by atomic mass is 9.77. The summed E-state index contributed by atoms with van der Waals surface area (Å²) in [4.78, 5) is 0. The maximum Gasteiger partial charge on any atom is 0.159 e. The predicted octanol–water partition coefficient (Wildman–Crippen LogP) is 9.23. The highest BCUT2D eigenvalue weighted by Crippen LogP contribution is 2.37. The van der Waals surface area contributed by atoms with E-state index in [4.69, 9.17) is 0 Å². The minimum Gasteiger partial charge on any atom is -0.251 e. The molecule has 2 aromatic carbocycles. The Hall–Kier alpha value is -1.84. The Bertz CT molecular complexity index is 816. The van der Waals surface area contributed by atoms with E-state index in [1.165, 1.54) is 55.7 Å². The SMILES string of the molecule is CCCc1ccc(C2CCC(CCF)CC2)cc1.Fc1ccc(C2CCC(F)CC2)cc1F. The molecule has 0 bridgehead atoms. The largest absolute Gasteiger partial charge is 0.251 e. The number of rotatable bonds is 6. The maximum atomic E-state index is 13.0. The monoisotopic (exact) mass is 462 g/mol. The van der Waals surface area contributed by atoms with Crippen LogP contribution in [0.1, 0.15) is 99.7 Å². The molecule has 0 amide bonds. The second-order valence-corrected chi connectivity index (χ2v) is 9.81. The highest BCUT2D eigenvalue weighted by atomic mass is 19.2. The number of benzene rings is 2. The molecule has 2 fully saturated rings. The zero-order valence-electron chi connectivity index (χ0n) is 19.8. The molecule has 4 rings (SSSR count). The van der Waals surface area contributed by atoms with Crippen molar-refractivity contribution in [2.45, 2.75) is 95.6 Å². The summed E-state index contributed by atoms with van der Waals surface area (Å²) in [6.45, 7) is 2.08. The molecule has 0 atom stereocenters. The van der Waals surface area contributed by atoms with Crippen LogP contribution in [0.3, 0.4) is 0 Å². The number of aryl methyl sites for hydroxylation is 1. The van der Waals surface area contributed by atoms with E-state index in [9.17, 15) is 17.6 Å². The van der Waals surface area contributed by atoms with Crippen molar-refractivity contribution in [1.82, 2.24) is 0 Å². The molecule has 0 spiro atoms. The first kappa shape index (κ1) is 25.8. The van der Waals surface area contributed by atoms with Gasteiger partial charge in [0.25, 0.3) is 0 Å². The van der Waals surface area contributed by atoms with Crippen LogP contribution >= 0.6 is 0 Å². The van der Waals surface area contributed by atoms with Crippen LogP contribution in [-0.4, -0.2) is 12.8 Å². The zero-order valence-corrected chi connectivity index (χ0v) is 19.8. The molecule has 2 saturated carbocycles. The lowest BCUT2D eigenvalue weighted by Gasteiger charge is -2.28. The molecule has 4 heteroatoms. The van der Waals surface area contributed by atoms with Gasteiger partial charge in [-0.2, -0.15) is 0 Å². The Kier molecular flexibility index (Phi) is 10.3. The van der Waals surface area contributed by atoms with Gasteiger partial charge in [0, 0.05) is 0 Å². The molecule has 2 aliphatic carbocycles.